The Morgan fingerprint density at radius 3 is 2.19 bits per heavy atom. The van der Waals surface area contributed by atoms with Gasteiger partial charge in [-0.05, 0) is 68.1 Å². The Bertz CT molecular complexity index is 1180. The Kier molecular flexibility index (Phi) is 6.75. The molecule has 1 amide bonds. The average molecular weight is 441 g/mol. The summed E-state index contributed by atoms with van der Waals surface area (Å²) >= 11 is 0. The number of amides is 1. The highest BCUT2D eigenvalue weighted by atomic mass is 32.2. The first-order valence-electron chi connectivity index (χ1n) is 9.90. The monoisotopic (exact) mass is 440 g/mol. The fourth-order valence-electron chi connectivity index (χ4n) is 3.62. The number of aryl methyl sites for hydroxylation is 3. The van der Waals surface area contributed by atoms with Gasteiger partial charge < -0.3 is 5.32 Å². The van der Waals surface area contributed by atoms with E-state index in [1.807, 2.05) is 19.1 Å². The van der Waals surface area contributed by atoms with Crippen molar-refractivity contribution < 1.29 is 17.6 Å². The molecule has 3 rings (SSSR count). The van der Waals surface area contributed by atoms with Gasteiger partial charge in [-0.15, -0.1) is 0 Å². The largest absolute Gasteiger partial charge is 0.352 e. The summed E-state index contributed by atoms with van der Waals surface area (Å²) in [5.41, 5.74) is 3.60. The average Bonchev–Trinajstić information content (AvgIpc) is 2.68. The molecule has 3 aromatic rings. The Hall–Kier alpha value is -3.19. The number of hydrogen-bond acceptors (Lipinski definition) is 3. The number of para-hydroxylation sites is 1. The van der Waals surface area contributed by atoms with Gasteiger partial charge in [0.05, 0.1) is 16.1 Å². The van der Waals surface area contributed by atoms with E-state index in [-0.39, 0.29) is 22.0 Å². The van der Waals surface area contributed by atoms with Crippen LogP contribution in [-0.4, -0.2) is 20.9 Å². The van der Waals surface area contributed by atoms with Gasteiger partial charge in [-0.2, -0.15) is 0 Å². The van der Waals surface area contributed by atoms with Crippen LogP contribution in [0.25, 0.3) is 0 Å². The molecular weight excluding hydrogens is 415 g/mol. The molecule has 0 aliphatic carbocycles. The molecule has 3 aromatic carbocycles. The number of halogens is 1. The van der Waals surface area contributed by atoms with Crippen molar-refractivity contribution in [1.29, 1.82) is 0 Å². The third-order valence-corrected chi connectivity index (χ3v) is 6.57. The molecular formula is C24H25FN2O3S. The predicted octanol–water partition coefficient (Wildman–Crippen LogP) is 4.52. The van der Waals surface area contributed by atoms with Gasteiger partial charge >= 0.3 is 0 Å². The minimum Gasteiger partial charge on any atom is -0.352 e. The number of rotatable bonds is 7. The molecule has 0 atom stereocenters. The van der Waals surface area contributed by atoms with Crippen LogP contribution in [0.5, 0.6) is 0 Å². The van der Waals surface area contributed by atoms with E-state index in [0.717, 1.165) is 11.1 Å². The number of anilines is 1. The lowest BCUT2D eigenvalue weighted by molar-refractivity contribution is 0.0955. The van der Waals surface area contributed by atoms with Crippen LogP contribution in [0.1, 0.15) is 32.6 Å². The summed E-state index contributed by atoms with van der Waals surface area (Å²) in [7, 11) is -3.88. The molecule has 7 heteroatoms. The molecule has 0 bridgehead atoms. The molecule has 0 aliphatic rings. The second-order valence-corrected chi connectivity index (χ2v) is 9.13. The van der Waals surface area contributed by atoms with Crippen molar-refractivity contribution in [1.82, 2.24) is 5.32 Å². The summed E-state index contributed by atoms with van der Waals surface area (Å²) in [6, 6.07) is 16.2. The van der Waals surface area contributed by atoms with Crippen LogP contribution in [0.15, 0.2) is 65.6 Å². The number of nitrogens with one attached hydrogen (secondary N) is 2. The minimum absolute atomic E-state index is 0.209. The molecule has 0 fully saturated rings. The van der Waals surface area contributed by atoms with Crippen molar-refractivity contribution in [3.63, 3.8) is 0 Å². The van der Waals surface area contributed by atoms with E-state index in [2.05, 4.69) is 10.0 Å². The van der Waals surface area contributed by atoms with Gasteiger partial charge in [0.1, 0.15) is 5.82 Å². The summed E-state index contributed by atoms with van der Waals surface area (Å²) in [5.74, 6) is -0.703. The summed E-state index contributed by atoms with van der Waals surface area (Å²) < 4.78 is 41.7. The lowest BCUT2D eigenvalue weighted by Crippen LogP contribution is -2.27. The second-order valence-electron chi connectivity index (χ2n) is 7.51. The van der Waals surface area contributed by atoms with E-state index in [1.54, 1.807) is 50.2 Å². The molecule has 0 radical (unpaired) electrons. The quantitative estimate of drug-likeness (QED) is 0.567. The van der Waals surface area contributed by atoms with Crippen LogP contribution in [0.3, 0.4) is 0 Å². The summed E-state index contributed by atoms with van der Waals surface area (Å²) in [6.07, 6.45) is 0.529. The zero-order valence-electron chi connectivity index (χ0n) is 17.7. The van der Waals surface area contributed by atoms with E-state index in [9.17, 15) is 17.6 Å². The first kappa shape index (κ1) is 22.5. The van der Waals surface area contributed by atoms with Crippen molar-refractivity contribution in [3.8, 4) is 0 Å². The summed E-state index contributed by atoms with van der Waals surface area (Å²) in [6.45, 7) is 5.75. The van der Waals surface area contributed by atoms with Crippen LogP contribution >= 0.6 is 0 Å². The highest BCUT2D eigenvalue weighted by Gasteiger charge is 2.22. The highest BCUT2D eigenvalue weighted by Crippen LogP contribution is 2.26. The van der Waals surface area contributed by atoms with Crippen LogP contribution < -0.4 is 10.0 Å². The maximum Gasteiger partial charge on any atom is 0.262 e. The predicted molar refractivity (Wildman–Crippen MR) is 120 cm³/mol. The van der Waals surface area contributed by atoms with Gasteiger partial charge in [-0.1, -0.05) is 42.0 Å². The highest BCUT2D eigenvalue weighted by molar-refractivity contribution is 7.92. The smallest absolute Gasteiger partial charge is 0.262 e. The zero-order chi connectivity index (χ0) is 22.6. The SMILES string of the molecule is Cc1cc(C)c(S(=O)(=O)Nc2ccccc2C(=O)NCCc2ccc(F)cc2)c(C)c1. The van der Waals surface area contributed by atoms with Crippen LogP contribution in [0, 0.1) is 26.6 Å². The van der Waals surface area contributed by atoms with Crippen LogP contribution in [0.2, 0.25) is 0 Å². The van der Waals surface area contributed by atoms with Gasteiger partial charge in [0, 0.05) is 6.54 Å². The van der Waals surface area contributed by atoms with Crippen molar-refractivity contribution in [2.24, 2.45) is 0 Å². The fourth-order valence-corrected chi connectivity index (χ4v) is 5.16. The zero-order valence-corrected chi connectivity index (χ0v) is 18.5. The van der Waals surface area contributed by atoms with E-state index in [4.69, 9.17) is 0 Å². The minimum atomic E-state index is -3.88. The van der Waals surface area contributed by atoms with E-state index in [0.29, 0.717) is 24.1 Å². The van der Waals surface area contributed by atoms with Gasteiger partial charge in [0.15, 0.2) is 0 Å². The molecule has 0 aliphatic heterocycles. The van der Waals surface area contributed by atoms with Gasteiger partial charge in [-0.25, -0.2) is 12.8 Å². The number of carbonyl (C=O) groups is 1. The Morgan fingerprint density at radius 2 is 1.55 bits per heavy atom. The number of sulfonamides is 1. The maximum atomic E-state index is 13.1. The summed E-state index contributed by atoms with van der Waals surface area (Å²) in [4.78, 5) is 12.9. The molecule has 0 heterocycles. The lowest BCUT2D eigenvalue weighted by atomic mass is 10.1. The molecule has 2 N–H and O–H groups in total. The van der Waals surface area contributed by atoms with E-state index >= 15 is 0 Å². The molecule has 0 unspecified atom stereocenters. The second kappa shape index (κ2) is 9.31. The Labute approximate surface area is 182 Å². The first-order chi connectivity index (χ1) is 14.7. The third kappa shape index (κ3) is 5.49. The van der Waals surface area contributed by atoms with Gasteiger partial charge in [0.2, 0.25) is 0 Å². The van der Waals surface area contributed by atoms with E-state index < -0.39 is 15.9 Å². The van der Waals surface area contributed by atoms with Crippen molar-refractivity contribution in [2.45, 2.75) is 32.1 Å². The summed E-state index contributed by atoms with van der Waals surface area (Å²) in [5, 5.41) is 2.79. The van der Waals surface area contributed by atoms with Gasteiger partial charge in [0.25, 0.3) is 15.9 Å². The normalized spacial score (nSPS) is 11.2. The molecule has 31 heavy (non-hydrogen) atoms. The van der Waals surface area contributed by atoms with Crippen LogP contribution in [-0.2, 0) is 16.4 Å². The first-order valence-corrected chi connectivity index (χ1v) is 11.4. The molecule has 0 spiro atoms. The van der Waals surface area contributed by atoms with Gasteiger partial charge in [-0.3, -0.25) is 9.52 Å². The van der Waals surface area contributed by atoms with Crippen molar-refractivity contribution >= 4 is 21.6 Å². The number of hydrogen-bond donors (Lipinski definition) is 2. The molecule has 5 nitrogen and oxygen atoms in total. The van der Waals surface area contributed by atoms with Crippen LogP contribution in [0.4, 0.5) is 10.1 Å². The standard InChI is InChI=1S/C24H25FN2O3S/c1-16-14-17(2)23(18(3)15-16)31(29,30)27-22-7-5-4-6-21(22)24(28)26-13-12-19-8-10-20(25)11-9-19/h4-11,14-15,27H,12-13H2,1-3H3,(H,26,28). The Morgan fingerprint density at radius 1 is 0.935 bits per heavy atom. The maximum absolute atomic E-state index is 13.1. The van der Waals surface area contributed by atoms with Crippen molar-refractivity contribution in [2.75, 3.05) is 11.3 Å². The number of carbonyl (C=O) groups excluding carboxylic acids is 1. The van der Waals surface area contributed by atoms with E-state index in [1.165, 1.54) is 12.1 Å². The Balaban J connectivity index is 1.77. The lowest BCUT2D eigenvalue weighted by Gasteiger charge is -2.16. The molecule has 0 saturated carbocycles. The molecule has 0 saturated heterocycles. The fraction of sp³-hybridized carbons (Fsp3) is 0.208. The number of benzene rings is 3. The molecule has 0 aromatic heterocycles. The topological polar surface area (TPSA) is 75.3 Å². The molecule has 162 valence electrons. The van der Waals surface area contributed by atoms with Crippen molar-refractivity contribution in [3.05, 3.63) is 94.3 Å². The third-order valence-electron chi connectivity index (χ3n) is 4.90.